The number of ether oxygens (including phenoxy) is 1. The molecule has 1 N–H and O–H groups in total. The molecule has 0 unspecified atom stereocenters. The number of piperazine rings is 1. The van der Waals surface area contributed by atoms with Crippen molar-refractivity contribution in [2.45, 2.75) is 32.6 Å². The average Bonchev–Trinajstić information content (AvgIpc) is 2.98. The molecule has 3 aromatic carbocycles. The normalized spacial score (nSPS) is 16.6. The molecular weight excluding hydrogens is 500 g/mol. The number of carbonyl (C=O) groups excluding carboxylic acids is 2. The number of aryl methyl sites for hydroxylation is 2. The number of carbonyl (C=O) groups is 2. The number of benzene rings is 3. The first-order valence-electron chi connectivity index (χ1n) is 14.3. The van der Waals surface area contributed by atoms with Crippen molar-refractivity contribution in [2.75, 3.05) is 63.1 Å². The summed E-state index contributed by atoms with van der Waals surface area (Å²) >= 11 is 0. The zero-order valence-electron chi connectivity index (χ0n) is 23.9. The monoisotopic (exact) mass is 540 g/mol. The van der Waals surface area contributed by atoms with Crippen molar-refractivity contribution in [1.29, 1.82) is 0 Å². The van der Waals surface area contributed by atoms with Gasteiger partial charge in [-0.3, -0.25) is 9.59 Å². The molecule has 40 heavy (non-hydrogen) atoms. The lowest BCUT2D eigenvalue weighted by Gasteiger charge is -2.34. The van der Waals surface area contributed by atoms with Crippen molar-refractivity contribution < 1.29 is 14.3 Å². The Morgan fingerprint density at radius 1 is 0.850 bits per heavy atom. The van der Waals surface area contributed by atoms with Crippen LogP contribution in [0.15, 0.2) is 66.7 Å². The lowest BCUT2D eigenvalue weighted by molar-refractivity contribution is -0.134. The molecule has 7 nitrogen and oxygen atoms in total. The van der Waals surface area contributed by atoms with Gasteiger partial charge < -0.3 is 24.8 Å². The number of piperidine rings is 1. The van der Waals surface area contributed by atoms with Gasteiger partial charge in [0.25, 0.3) is 11.8 Å². The Labute approximate surface area is 237 Å². The SMILES string of the molecule is Cc1ccc(C)c(OCC(=O)N2CCC(c3ccc(NC(=O)c4ccc(N5CCN(C)CC5)cc4)cc3)CC2)c1. The van der Waals surface area contributed by atoms with Crippen LogP contribution in [0.5, 0.6) is 5.75 Å². The second-order valence-electron chi connectivity index (χ2n) is 11.1. The minimum absolute atomic E-state index is 0.0361. The van der Waals surface area contributed by atoms with Crippen LogP contribution < -0.4 is 15.0 Å². The van der Waals surface area contributed by atoms with E-state index in [9.17, 15) is 9.59 Å². The van der Waals surface area contributed by atoms with E-state index in [0.717, 1.165) is 80.4 Å². The van der Waals surface area contributed by atoms with E-state index < -0.39 is 0 Å². The molecule has 0 saturated carbocycles. The number of rotatable bonds is 7. The van der Waals surface area contributed by atoms with Crippen LogP contribution in [0.3, 0.4) is 0 Å². The average molecular weight is 541 g/mol. The molecule has 2 aliphatic heterocycles. The van der Waals surface area contributed by atoms with Crippen molar-refractivity contribution in [1.82, 2.24) is 9.80 Å². The van der Waals surface area contributed by atoms with Gasteiger partial charge in [0.15, 0.2) is 6.61 Å². The Kier molecular flexibility index (Phi) is 8.70. The van der Waals surface area contributed by atoms with E-state index >= 15 is 0 Å². The molecule has 0 bridgehead atoms. The molecule has 2 amide bonds. The van der Waals surface area contributed by atoms with E-state index in [1.54, 1.807) is 0 Å². The zero-order chi connectivity index (χ0) is 28.1. The van der Waals surface area contributed by atoms with Crippen molar-refractivity contribution in [2.24, 2.45) is 0 Å². The highest BCUT2D eigenvalue weighted by atomic mass is 16.5. The number of hydrogen-bond acceptors (Lipinski definition) is 5. The predicted molar refractivity (Wildman–Crippen MR) is 161 cm³/mol. The second kappa shape index (κ2) is 12.6. The third-order valence-corrected chi connectivity index (χ3v) is 8.18. The number of likely N-dealkylation sites (N-methyl/N-ethyl adjacent to an activating group) is 1. The number of likely N-dealkylation sites (tertiary alicyclic amines) is 1. The van der Waals surface area contributed by atoms with Gasteiger partial charge in [-0.1, -0.05) is 24.3 Å². The summed E-state index contributed by atoms with van der Waals surface area (Å²) in [4.78, 5) is 32.2. The van der Waals surface area contributed by atoms with Gasteiger partial charge in [0.2, 0.25) is 0 Å². The molecule has 2 fully saturated rings. The summed E-state index contributed by atoms with van der Waals surface area (Å²) in [5, 5.41) is 3.02. The van der Waals surface area contributed by atoms with Crippen LogP contribution >= 0.6 is 0 Å². The van der Waals surface area contributed by atoms with E-state index in [0.29, 0.717) is 11.5 Å². The molecule has 0 atom stereocenters. The fourth-order valence-electron chi connectivity index (χ4n) is 5.49. The maximum Gasteiger partial charge on any atom is 0.260 e. The molecule has 0 spiro atoms. The first-order valence-corrected chi connectivity index (χ1v) is 14.3. The summed E-state index contributed by atoms with van der Waals surface area (Å²) in [7, 11) is 2.15. The fourth-order valence-corrected chi connectivity index (χ4v) is 5.49. The Bertz CT molecular complexity index is 1310. The molecular formula is C33H40N4O3. The topological polar surface area (TPSA) is 65.1 Å². The maximum atomic E-state index is 12.8. The number of hydrogen-bond donors (Lipinski definition) is 1. The summed E-state index contributed by atoms with van der Waals surface area (Å²) in [5.41, 5.74) is 6.00. The highest BCUT2D eigenvalue weighted by Crippen LogP contribution is 2.29. The number of anilines is 2. The van der Waals surface area contributed by atoms with Gasteiger partial charge in [-0.05, 0) is 98.8 Å². The molecule has 7 heteroatoms. The van der Waals surface area contributed by atoms with Gasteiger partial charge >= 0.3 is 0 Å². The van der Waals surface area contributed by atoms with Crippen LogP contribution in [-0.2, 0) is 4.79 Å². The van der Waals surface area contributed by atoms with Crippen molar-refractivity contribution in [3.63, 3.8) is 0 Å². The molecule has 210 valence electrons. The standard InChI is InChI=1S/C33H40N4O3/c1-24-4-5-25(2)31(22-24)40-23-32(38)37-16-14-27(15-17-37)26-6-10-29(11-7-26)34-33(39)28-8-12-30(13-9-28)36-20-18-35(3)19-21-36/h4-13,22,27H,14-21,23H2,1-3H3,(H,34,39). The molecule has 5 rings (SSSR count). The predicted octanol–water partition coefficient (Wildman–Crippen LogP) is 5.09. The van der Waals surface area contributed by atoms with Gasteiger partial charge in [0.05, 0.1) is 0 Å². The van der Waals surface area contributed by atoms with E-state index in [1.165, 1.54) is 5.56 Å². The third-order valence-electron chi connectivity index (χ3n) is 8.18. The van der Waals surface area contributed by atoms with E-state index in [1.807, 2.05) is 73.3 Å². The van der Waals surface area contributed by atoms with Gasteiger partial charge in [0, 0.05) is 56.2 Å². The number of nitrogens with zero attached hydrogens (tertiary/aromatic N) is 3. The fraction of sp³-hybridized carbons (Fsp3) is 0.394. The zero-order valence-corrected chi connectivity index (χ0v) is 23.9. The molecule has 2 saturated heterocycles. The van der Waals surface area contributed by atoms with Crippen LogP contribution in [0.25, 0.3) is 0 Å². The summed E-state index contributed by atoms with van der Waals surface area (Å²) in [6.07, 6.45) is 1.83. The molecule has 2 aliphatic rings. The minimum Gasteiger partial charge on any atom is -0.483 e. The highest BCUT2D eigenvalue weighted by molar-refractivity contribution is 6.04. The van der Waals surface area contributed by atoms with Gasteiger partial charge in [0.1, 0.15) is 5.75 Å². The Morgan fingerprint density at radius 3 is 2.20 bits per heavy atom. The number of amides is 2. The first-order chi connectivity index (χ1) is 19.4. The minimum atomic E-state index is -0.104. The van der Waals surface area contributed by atoms with Crippen LogP contribution in [0.2, 0.25) is 0 Å². The largest absolute Gasteiger partial charge is 0.483 e. The van der Waals surface area contributed by atoms with Gasteiger partial charge in [-0.15, -0.1) is 0 Å². The summed E-state index contributed by atoms with van der Waals surface area (Å²) in [5.74, 6) is 1.11. The van der Waals surface area contributed by atoms with E-state index in [2.05, 4.69) is 34.3 Å². The van der Waals surface area contributed by atoms with Crippen LogP contribution in [0, 0.1) is 13.8 Å². The molecule has 0 aliphatic carbocycles. The Hall–Kier alpha value is -3.84. The van der Waals surface area contributed by atoms with E-state index in [-0.39, 0.29) is 18.4 Å². The van der Waals surface area contributed by atoms with Gasteiger partial charge in [-0.2, -0.15) is 0 Å². The molecule has 0 radical (unpaired) electrons. The smallest absolute Gasteiger partial charge is 0.260 e. The van der Waals surface area contributed by atoms with E-state index in [4.69, 9.17) is 4.74 Å². The lowest BCUT2D eigenvalue weighted by atomic mass is 9.89. The van der Waals surface area contributed by atoms with Crippen LogP contribution in [-0.4, -0.2) is 74.5 Å². The van der Waals surface area contributed by atoms with Crippen molar-refractivity contribution in [3.8, 4) is 5.75 Å². The van der Waals surface area contributed by atoms with Crippen LogP contribution in [0.1, 0.15) is 45.8 Å². The van der Waals surface area contributed by atoms with Crippen molar-refractivity contribution in [3.05, 3.63) is 89.0 Å². The lowest BCUT2D eigenvalue weighted by Crippen LogP contribution is -2.44. The highest BCUT2D eigenvalue weighted by Gasteiger charge is 2.24. The van der Waals surface area contributed by atoms with Gasteiger partial charge in [-0.25, -0.2) is 0 Å². The molecule has 2 heterocycles. The summed E-state index contributed by atoms with van der Waals surface area (Å²) in [6, 6.07) is 22.1. The quantitative estimate of drug-likeness (QED) is 0.452. The number of nitrogens with one attached hydrogen (secondary N) is 1. The first kappa shape index (κ1) is 27.7. The second-order valence-corrected chi connectivity index (χ2v) is 11.1. The summed E-state index contributed by atoms with van der Waals surface area (Å²) < 4.78 is 5.83. The van der Waals surface area contributed by atoms with Crippen LogP contribution in [0.4, 0.5) is 11.4 Å². The maximum absolute atomic E-state index is 12.8. The Morgan fingerprint density at radius 2 is 1.52 bits per heavy atom. The Balaban J connectivity index is 1.08. The van der Waals surface area contributed by atoms with Crippen molar-refractivity contribution >= 4 is 23.2 Å². The molecule has 0 aromatic heterocycles. The molecule has 3 aromatic rings. The third kappa shape index (κ3) is 6.83. The summed E-state index contributed by atoms with van der Waals surface area (Å²) in [6.45, 7) is 9.66.